The monoisotopic (exact) mass is 309 g/mol. The van der Waals surface area contributed by atoms with Crippen LogP contribution < -0.4 is 4.31 Å². The summed E-state index contributed by atoms with van der Waals surface area (Å²) in [6.07, 6.45) is 0. The largest absolute Gasteiger partial charge is 0.392 e. The summed E-state index contributed by atoms with van der Waals surface area (Å²) in [6.45, 7) is 1.42. The standard InChI is InChI=1S/C15H16FNO3S/c1-11-12(10-18)4-3-5-15(11)21(19,20)17(2)14-8-6-13(16)7-9-14/h3-9,18H,10H2,1-2H3. The highest BCUT2D eigenvalue weighted by atomic mass is 32.2. The number of sulfonamides is 1. The highest BCUT2D eigenvalue weighted by molar-refractivity contribution is 7.92. The molecule has 6 heteroatoms. The molecule has 0 aliphatic heterocycles. The van der Waals surface area contributed by atoms with Crippen molar-refractivity contribution in [2.45, 2.75) is 18.4 Å². The van der Waals surface area contributed by atoms with Gasteiger partial charge in [0, 0.05) is 7.05 Å². The summed E-state index contributed by atoms with van der Waals surface area (Å²) < 4.78 is 39.3. The summed E-state index contributed by atoms with van der Waals surface area (Å²) in [5.41, 5.74) is 1.43. The van der Waals surface area contributed by atoms with Gasteiger partial charge in [0.2, 0.25) is 0 Å². The molecule has 2 aromatic carbocycles. The Labute approximate surface area is 123 Å². The number of benzene rings is 2. The molecule has 0 aliphatic rings. The summed E-state index contributed by atoms with van der Waals surface area (Å²) >= 11 is 0. The average molecular weight is 309 g/mol. The van der Waals surface area contributed by atoms with Crippen LogP contribution in [0.25, 0.3) is 0 Å². The lowest BCUT2D eigenvalue weighted by Crippen LogP contribution is -2.27. The first-order chi connectivity index (χ1) is 9.87. The minimum Gasteiger partial charge on any atom is -0.392 e. The molecule has 0 saturated carbocycles. The van der Waals surface area contributed by atoms with E-state index in [4.69, 9.17) is 0 Å². The molecule has 0 bridgehead atoms. The second-order valence-corrected chi connectivity index (χ2v) is 6.59. The number of hydrogen-bond donors (Lipinski definition) is 1. The second kappa shape index (κ2) is 5.83. The molecule has 2 rings (SSSR count). The van der Waals surface area contributed by atoms with Gasteiger partial charge in [-0.1, -0.05) is 12.1 Å². The van der Waals surface area contributed by atoms with Crippen LogP contribution in [0.15, 0.2) is 47.4 Å². The molecule has 0 heterocycles. The van der Waals surface area contributed by atoms with Crippen LogP contribution in [0, 0.1) is 12.7 Å². The topological polar surface area (TPSA) is 57.6 Å². The van der Waals surface area contributed by atoms with Gasteiger partial charge in [0.25, 0.3) is 10.0 Å². The smallest absolute Gasteiger partial charge is 0.264 e. The van der Waals surface area contributed by atoms with Crippen molar-refractivity contribution >= 4 is 15.7 Å². The van der Waals surface area contributed by atoms with Gasteiger partial charge in [-0.15, -0.1) is 0 Å². The zero-order valence-electron chi connectivity index (χ0n) is 11.7. The van der Waals surface area contributed by atoms with Gasteiger partial charge < -0.3 is 5.11 Å². The predicted molar refractivity (Wildman–Crippen MR) is 79.1 cm³/mol. The van der Waals surface area contributed by atoms with Crippen LogP contribution in [0.2, 0.25) is 0 Å². The SMILES string of the molecule is Cc1c(CO)cccc1S(=O)(=O)N(C)c1ccc(F)cc1. The number of aliphatic hydroxyl groups excluding tert-OH is 1. The summed E-state index contributed by atoms with van der Waals surface area (Å²) in [7, 11) is -2.36. The van der Waals surface area contributed by atoms with E-state index >= 15 is 0 Å². The van der Waals surface area contributed by atoms with Crippen molar-refractivity contribution in [2.75, 3.05) is 11.4 Å². The van der Waals surface area contributed by atoms with Crippen LogP contribution in [0.5, 0.6) is 0 Å². The van der Waals surface area contributed by atoms with Gasteiger partial charge in [-0.05, 0) is 48.4 Å². The van der Waals surface area contributed by atoms with Crippen LogP contribution in [0.4, 0.5) is 10.1 Å². The maximum atomic E-state index is 12.9. The maximum Gasteiger partial charge on any atom is 0.264 e. The van der Waals surface area contributed by atoms with E-state index in [2.05, 4.69) is 0 Å². The number of aliphatic hydroxyl groups is 1. The zero-order valence-corrected chi connectivity index (χ0v) is 12.6. The summed E-state index contributed by atoms with van der Waals surface area (Å²) in [4.78, 5) is 0.126. The number of halogens is 1. The number of rotatable bonds is 4. The second-order valence-electron chi connectivity index (χ2n) is 4.65. The molecule has 0 aliphatic carbocycles. The molecule has 0 spiro atoms. The van der Waals surface area contributed by atoms with E-state index in [0.717, 1.165) is 4.31 Å². The van der Waals surface area contributed by atoms with Gasteiger partial charge in [0.05, 0.1) is 17.2 Å². The van der Waals surface area contributed by atoms with E-state index < -0.39 is 15.8 Å². The summed E-state index contributed by atoms with van der Waals surface area (Å²) in [5.74, 6) is -0.428. The Morgan fingerprint density at radius 2 is 1.76 bits per heavy atom. The van der Waals surface area contributed by atoms with Crippen LogP contribution in [0.1, 0.15) is 11.1 Å². The molecule has 21 heavy (non-hydrogen) atoms. The normalized spacial score (nSPS) is 11.4. The Morgan fingerprint density at radius 1 is 1.14 bits per heavy atom. The quantitative estimate of drug-likeness (QED) is 0.944. The molecule has 1 N–H and O–H groups in total. The van der Waals surface area contributed by atoms with E-state index in [1.807, 2.05) is 0 Å². The average Bonchev–Trinajstić information content (AvgIpc) is 2.47. The maximum absolute atomic E-state index is 12.9. The molecule has 0 amide bonds. The molecular formula is C15H16FNO3S. The number of anilines is 1. The van der Waals surface area contributed by atoms with Gasteiger partial charge in [-0.25, -0.2) is 12.8 Å². The third kappa shape index (κ3) is 2.91. The molecular weight excluding hydrogens is 293 g/mol. The van der Waals surface area contributed by atoms with Crippen molar-refractivity contribution < 1.29 is 17.9 Å². The third-order valence-electron chi connectivity index (χ3n) is 3.40. The molecule has 112 valence electrons. The van der Waals surface area contributed by atoms with Crippen molar-refractivity contribution in [2.24, 2.45) is 0 Å². The van der Waals surface area contributed by atoms with E-state index in [1.54, 1.807) is 19.1 Å². The van der Waals surface area contributed by atoms with Crippen LogP contribution >= 0.6 is 0 Å². The van der Waals surface area contributed by atoms with Crippen molar-refractivity contribution in [3.63, 3.8) is 0 Å². The van der Waals surface area contributed by atoms with Gasteiger partial charge in [0.1, 0.15) is 5.82 Å². The Morgan fingerprint density at radius 3 is 2.33 bits per heavy atom. The van der Waals surface area contributed by atoms with Crippen molar-refractivity contribution in [3.8, 4) is 0 Å². The Bertz CT molecular complexity index is 742. The zero-order chi connectivity index (χ0) is 15.6. The molecule has 0 radical (unpaired) electrons. The summed E-state index contributed by atoms with van der Waals surface area (Å²) in [5, 5.41) is 9.24. The third-order valence-corrected chi connectivity index (χ3v) is 5.33. The molecule has 0 aromatic heterocycles. The fraction of sp³-hybridized carbons (Fsp3) is 0.200. The first-order valence-electron chi connectivity index (χ1n) is 6.31. The Balaban J connectivity index is 2.49. The molecule has 0 atom stereocenters. The lowest BCUT2D eigenvalue weighted by atomic mass is 10.1. The lowest BCUT2D eigenvalue weighted by Gasteiger charge is -2.21. The molecule has 0 saturated heterocycles. The Kier molecular flexibility index (Phi) is 4.29. The first kappa shape index (κ1) is 15.5. The summed E-state index contributed by atoms with van der Waals surface area (Å²) in [6, 6.07) is 9.97. The van der Waals surface area contributed by atoms with E-state index in [0.29, 0.717) is 16.8 Å². The lowest BCUT2D eigenvalue weighted by molar-refractivity contribution is 0.280. The predicted octanol–water partition coefficient (Wildman–Crippen LogP) is 2.45. The van der Waals surface area contributed by atoms with Crippen molar-refractivity contribution in [3.05, 3.63) is 59.4 Å². The number of hydrogen-bond acceptors (Lipinski definition) is 3. The van der Waals surface area contributed by atoms with Gasteiger partial charge in [-0.2, -0.15) is 0 Å². The minimum absolute atomic E-state index is 0.126. The van der Waals surface area contributed by atoms with Gasteiger partial charge in [0.15, 0.2) is 0 Å². The van der Waals surface area contributed by atoms with Gasteiger partial charge >= 0.3 is 0 Å². The Hall–Kier alpha value is -1.92. The van der Waals surface area contributed by atoms with Crippen LogP contribution in [0.3, 0.4) is 0 Å². The van der Waals surface area contributed by atoms with Crippen LogP contribution in [-0.2, 0) is 16.6 Å². The fourth-order valence-corrected chi connectivity index (χ4v) is 3.51. The van der Waals surface area contributed by atoms with Crippen molar-refractivity contribution in [1.82, 2.24) is 0 Å². The van der Waals surface area contributed by atoms with Crippen LogP contribution in [-0.4, -0.2) is 20.6 Å². The van der Waals surface area contributed by atoms with Crippen molar-refractivity contribution in [1.29, 1.82) is 0 Å². The minimum atomic E-state index is -3.77. The van der Waals surface area contributed by atoms with E-state index in [9.17, 15) is 17.9 Å². The van der Waals surface area contributed by atoms with E-state index in [-0.39, 0.29) is 11.5 Å². The molecule has 0 fully saturated rings. The fourth-order valence-electron chi connectivity index (χ4n) is 2.05. The molecule has 4 nitrogen and oxygen atoms in total. The van der Waals surface area contributed by atoms with E-state index in [1.165, 1.54) is 37.4 Å². The number of nitrogens with zero attached hydrogens (tertiary/aromatic N) is 1. The molecule has 0 unspecified atom stereocenters. The highest BCUT2D eigenvalue weighted by Gasteiger charge is 2.24. The highest BCUT2D eigenvalue weighted by Crippen LogP contribution is 2.26. The van der Waals surface area contributed by atoms with Gasteiger partial charge in [-0.3, -0.25) is 4.31 Å². The molecule has 2 aromatic rings. The first-order valence-corrected chi connectivity index (χ1v) is 7.76.